The van der Waals surface area contributed by atoms with Crippen LogP contribution in [0, 0.1) is 0 Å². The largest absolute Gasteiger partial charge is 0.493 e. The van der Waals surface area contributed by atoms with E-state index >= 15 is 0 Å². The summed E-state index contributed by atoms with van der Waals surface area (Å²) in [6.45, 7) is 0.470. The quantitative estimate of drug-likeness (QED) is 0.851. The third kappa shape index (κ3) is 3.45. The van der Waals surface area contributed by atoms with Gasteiger partial charge in [0.2, 0.25) is 0 Å². The lowest BCUT2D eigenvalue weighted by molar-refractivity contribution is 0.284. The zero-order valence-corrected chi connectivity index (χ0v) is 11.4. The number of ether oxygens (including phenoxy) is 2. The lowest BCUT2D eigenvalue weighted by atomic mass is 10.2. The van der Waals surface area contributed by atoms with E-state index < -0.39 is 0 Å². The van der Waals surface area contributed by atoms with Crippen molar-refractivity contribution in [2.75, 3.05) is 7.11 Å². The molecule has 0 saturated carbocycles. The van der Waals surface area contributed by atoms with Crippen LogP contribution in [0.3, 0.4) is 0 Å². The number of hydrogen-bond donors (Lipinski definition) is 1. The molecule has 0 aliphatic rings. The third-order valence-electron chi connectivity index (χ3n) is 2.69. The lowest BCUT2D eigenvalue weighted by Crippen LogP contribution is -2.09. The third-order valence-corrected chi connectivity index (χ3v) is 2.92. The minimum atomic E-state index is 0.340. The minimum absolute atomic E-state index is 0.340. The van der Waals surface area contributed by atoms with E-state index in [0.717, 1.165) is 11.1 Å². The predicted molar refractivity (Wildman–Crippen MR) is 79.7 cm³/mol. The van der Waals surface area contributed by atoms with Gasteiger partial charge in [0, 0.05) is 5.56 Å². The molecule has 0 fully saturated rings. The van der Waals surface area contributed by atoms with Crippen molar-refractivity contribution in [2.45, 2.75) is 6.61 Å². The molecule has 0 unspecified atom stereocenters. The molecule has 0 amide bonds. The highest BCUT2D eigenvalue weighted by Crippen LogP contribution is 2.28. The highest BCUT2D eigenvalue weighted by atomic mass is 32.1. The second-order valence-corrected chi connectivity index (χ2v) is 4.44. The van der Waals surface area contributed by atoms with Gasteiger partial charge >= 0.3 is 0 Å². The molecule has 0 bridgehead atoms. The normalized spacial score (nSPS) is 9.95. The Morgan fingerprint density at radius 2 is 1.84 bits per heavy atom. The van der Waals surface area contributed by atoms with Gasteiger partial charge in [0.1, 0.15) is 11.6 Å². The van der Waals surface area contributed by atoms with E-state index in [1.807, 2.05) is 36.4 Å². The molecule has 0 aliphatic carbocycles. The van der Waals surface area contributed by atoms with Crippen LogP contribution in [0.5, 0.6) is 11.5 Å². The SMILES string of the molecule is COc1ccc(C(N)=S)cc1OCc1ccccc1. The van der Waals surface area contributed by atoms with Gasteiger partial charge < -0.3 is 15.2 Å². The van der Waals surface area contributed by atoms with Crippen LogP contribution in [-0.4, -0.2) is 12.1 Å². The van der Waals surface area contributed by atoms with Gasteiger partial charge in [0.05, 0.1) is 7.11 Å². The van der Waals surface area contributed by atoms with E-state index in [1.54, 1.807) is 19.2 Å². The summed E-state index contributed by atoms with van der Waals surface area (Å²) in [6, 6.07) is 15.3. The molecule has 0 atom stereocenters. The van der Waals surface area contributed by atoms with Crippen molar-refractivity contribution >= 4 is 17.2 Å². The lowest BCUT2D eigenvalue weighted by Gasteiger charge is -2.12. The van der Waals surface area contributed by atoms with E-state index in [2.05, 4.69) is 0 Å². The molecule has 0 heterocycles. The highest BCUT2D eigenvalue weighted by Gasteiger charge is 2.07. The van der Waals surface area contributed by atoms with Crippen LogP contribution in [0.4, 0.5) is 0 Å². The van der Waals surface area contributed by atoms with E-state index in [4.69, 9.17) is 27.4 Å². The maximum absolute atomic E-state index is 5.76. The maximum atomic E-state index is 5.76. The summed E-state index contributed by atoms with van der Waals surface area (Å²) >= 11 is 4.96. The fourth-order valence-electron chi connectivity index (χ4n) is 1.68. The molecule has 19 heavy (non-hydrogen) atoms. The zero-order valence-electron chi connectivity index (χ0n) is 10.6. The van der Waals surface area contributed by atoms with Crippen LogP contribution in [0.25, 0.3) is 0 Å². The molecular formula is C15H15NO2S. The van der Waals surface area contributed by atoms with Crippen molar-refractivity contribution in [3.8, 4) is 11.5 Å². The smallest absolute Gasteiger partial charge is 0.162 e. The predicted octanol–water partition coefficient (Wildman–Crippen LogP) is 2.91. The molecule has 2 aromatic carbocycles. The van der Waals surface area contributed by atoms with Crippen molar-refractivity contribution in [1.82, 2.24) is 0 Å². The Morgan fingerprint density at radius 3 is 2.47 bits per heavy atom. The Hall–Kier alpha value is -2.07. The molecule has 2 rings (SSSR count). The summed E-state index contributed by atoms with van der Waals surface area (Å²) in [5.74, 6) is 1.30. The molecular weight excluding hydrogens is 258 g/mol. The second-order valence-electron chi connectivity index (χ2n) is 4.00. The molecule has 98 valence electrons. The number of rotatable bonds is 5. The average molecular weight is 273 g/mol. The number of nitrogens with two attached hydrogens (primary N) is 1. The standard InChI is InChI=1S/C15H15NO2S/c1-17-13-8-7-12(15(16)19)9-14(13)18-10-11-5-3-2-4-6-11/h2-9H,10H2,1H3,(H2,16,19). The monoisotopic (exact) mass is 273 g/mol. The van der Waals surface area contributed by atoms with Gasteiger partial charge in [-0.1, -0.05) is 42.5 Å². The topological polar surface area (TPSA) is 44.5 Å². The Labute approximate surface area is 118 Å². The van der Waals surface area contributed by atoms with Crippen LogP contribution >= 0.6 is 12.2 Å². The van der Waals surface area contributed by atoms with E-state index in [-0.39, 0.29) is 0 Å². The van der Waals surface area contributed by atoms with Crippen molar-refractivity contribution < 1.29 is 9.47 Å². The van der Waals surface area contributed by atoms with Gasteiger partial charge in [-0.05, 0) is 23.8 Å². The first-order chi connectivity index (χ1) is 9.20. The molecule has 0 saturated heterocycles. The summed E-state index contributed by atoms with van der Waals surface area (Å²) < 4.78 is 11.0. The van der Waals surface area contributed by atoms with E-state index in [1.165, 1.54) is 0 Å². The van der Waals surface area contributed by atoms with Crippen LogP contribution < -0.4 is 15.2 Å². The first-order valence-corrected chi connectivity index (χ1v) is 6.26. The summed E-state index contributed by atoms with van der Waals surface area (Å²) in [7, 11) is 1.60. The molecule has 0 radical (unpaired) electrons. The van der Waals surface area contributed by atoms with Crippen molar-refractivity contribution in [1.29, 1.82) is 0 Å². The van der Waals surface area contributed by atoms with Crippen molar-refractivity contribution in [3.05, 3.63) is 59.7 Å². The maximum Gasteiger partial charge on any atom is 0.162 e. The number of hydrogen-bond acceptors (Lipinski definition) is 3. The Balaban J connectivity index is 2.18. The van der Waals surface area contributed by atoms with Gasteiger partial charge in [-0.25, -0.2) is 0 Å². The van der Waals surface area contributed by atoms with E-state index in [0.29, 0.717) is 23.1 Å². The van der Waals surface area contributed by atoms with Crippen molar-refractivity contribution in [3.63, 3.8) is 0 Å². The van der Waals surface area contributed by atoms with Crippen LogP contribution in [0.1, 0.15) is 11.1 Å². The molecule has 0 aliphatic heterocycles. The highest BCUT2D eigenvalue weighted by molar-refractivity contribution is 7.80. The molecule has 2 aromatic rings. The second kappa shape index (κ2) is 6.20. The van der Waals surface area contributed by atoms with Crippen LogP contribution in [0.15, 0.2) is 48.5 Å². The fourth-order valence-corrected chi connectivity index (χ4v) is 1.81. The Kier molecular flexibility index (Phi) is 4.36. The summed E-state index contributed by atoms with van der Waals surface area (Å²) in [6.07, 6.45) is 0. The first kappa shape index (κ1) is 13.4. The molecule has 0 spiro atoms. The molecule has 2 N–H and O–H groups in total. The van der Waals surface area contributed by atoms with Gasteiger partial charge in [0.15, 0.2) is 11.5 Å². The Morgan fingerprint density at radius 1 is 1.11 bits per heavy atom. The molecule has 3 nitrogen and oxygen atoms in total. The first-order valence-electron chi connectivity index (χ1n) is 5.85. The van der Waals surface area contributed by atoms with Gasteiger partial charge in [-0.3, -0.25) is 0 Å². The zero-order chi connectivity index (χ0) is 13.7. The number of benzene rings is 2. The average Bonchev–Trinajstić information content (AvgIpc) is 2.45. The Bertz CT molecular complexity index is 570. The summed E-state index contributed by atoms with van der Waals surface area (Å²) in [5, 5.41) is 0. The van der Waals surface area contributed by atoms with Crippen molar-refractivity contribution in [2.24, 2.45) is 5.73 Å². The summed E-state index contributed by atoms with van der Waals surface area (Å²) in [5.41, 5.74) is 7.47. The fraction of sp³-hybridized carbons (Fsp3) is 0.133. The molecule has 0 aromatic heterocycles. The van der Waals surface area contributed by atoms with Gasteiger partial charge in [-0.2, -0.15) is 0 Å². The minimum Gasteiger partial charge on any atom is -0.493 e. The number of methoxy groups -OCH3 is 1. The van der Waals surface area contributed by atoms with Gasteiger partial charge in [-0.15, -0.1) is 0 Å². The summed E-state index contributed by atoms with van der Waals surface area (Å²) in [4.78, 5) is 0.340. The van der Waals surface area contributed by atoms with Crippen LogP contribution in [-0.2, 0) is 6.61 Å². The van der Waals surface area contributed by atoms with Gasteiger partial charge in [0.25, 0.3) is 0 Å². The molecule has 4 heteroatoms. The van der Waals surface area contributed by atoms with E-state index in [9.17, 15) is 0 Å². The van der Waals surface area contributed by atoms with Crippen LogP contribution in [0.2, 0.25) is 0 Å². The number of thiocarbonyl (C=S) groups is 1.